The fourth-order valence-corrected chi connectivity index (χ4v) is 2.21. The average Bonchev–Trinajstić information content (AvgIpc) is 2.80. The number of ether oxygens (including phenoxy) is 1. The Bertz CT molecular complexity index is 600. The number of esters is 1. The maximum Gasteiger partial charge on any atom is 0.309 e. The lowest BCUT2D eigenvalue weighted by molar-refractivity contribution is -0.139. The van der Waals surface area contributed by atoms with Crippen molar-refractivity contribution in [2.75, 3.05) is 7.11 Å². The van der Waals surface area contributed by atoms with E-state index in [1.165, 1.54) is 7.11 Å². The Balaban J connectivity index is 1.98. The number of aromatic nitrogens is 1. The summed E-state index contributed by atoms with van der Waals surface area (Å²) in [6.45, 7) is 5.20. The van der Waals surface area contributed by atoms with Crippen LogP contribution in [0.25, 0.3) is 0 Å². The van der Waals surface area contributed by atoms with Gasteiger partial charge < -0.3 is 14.6 Å². The zero-order chi connectivity index (χ0) is 15.2. The third-order valence-electron chi connectivity index (χ3n) is 3.48. The Labute approximate surface area is 124 Å². The van der Waals surface area contributed by atoms with E-state index in [1.54, 1.807) is 0 Å². The first-order chi connectivity index (χ1) is 10.1. The first kappa shape index (κ1) is 15.3. The van der Waals surface area contributed by atoms with Crippen LogP contribution in [0.1, 0.15) is 28.1 Å². The molecule has 5 nitrogen and oxygen atoms in total. The Hall–Kier alpha value is -2.14. The summed E-state index contributed by atoms with van der Waals surface area (Å²) in [6.07, 6.45) is 0.291. The second-order valence-electron chi connectivity index (χ2n) is 4.93. The van der Waals surface area contributed by atoms with E-state index < -0.39 is 0 Å². The lowest BCUT2D eigenvalue weighted by Gasteiger charge is -2.10. The van der Waals surface area contributed by atoms with Gasteiger partial charge in [-0.25, -0.2) is 0 Å². The molecule has 0 amide bonds. The normalized spacial score (nSPS) is 10.6. The number of nitrogens with zero attached hydrogens (tertiary/aromatic N) is 1. The molecule has 0 saturated carbocycles. The number of carbonyl (C=O) groups is 1. The van der Waals surface area contributed by atoms with Crippen LogP contribution >= 0.6 is 0 Å². The molecular weight excluding hydrogens is 268 g/mol. The van der Waals surface area contributed by atoms with Crippen molar-refractivity contribution in [2.24, 2.45) is 0 Å². The summed E-state index contributed by atoms with van der Waals surface area (Å²) in [5.74, 6) is 0.607. The minimum atomic E-state index is -0.229. The number of hydrogen-bond acceptors (Lipinski definition) is 5. The van der Waals surface area contributed by atoms with Crippen LogP contribution in [0.5, 0.6) is 0 Å². The molecule has 0 atom stereocenters. The van der Waals surface area contributed by atoms with Crippen molar-refractivity contribution in [3.05, 3.63) is 52.4 Å². The fraction of sp³-hybridized carbons (Fsp3) is 0.375. The Morgan fingerprint density at radius 2 is 1.95 bits per heavy atom. The van der Waals surface area contributed by atoms with Gasteiger partial charge in [0.1, 0.15) is 5.76 Å². The van der Waals surface area contributed by atoms with Crippen molar-refractivity contribution in [1.82, 2.24) is 10.5 Å². The Morgan fingerprint density at radius 3 is 2.57 bits per heavy atom. The summed E-state index contributed by atoms with van der Waals surface area (Å²) in [6, 6.07) is 7.85. The maximum absolute atomic E-state index is 11.4. The van der Waals surface area contributed by atoms with E-state index in [1.807, 2.05) is 38.1 Å². The third kappa shape index (κ3) is 3.92. The predicted molar refractivity (Wildman–Crippen MR) is 78.7 cm³/mol. The second kappa shape index (κ2) is 7.04. The van der Waals surface area contributed by atoms with Crippen LogP contribution in [-0.4, -0.2) is 18.2 Å². The third-order valence-corrected chi connectivity index (χ3v) is 3.48. The van der Waals surface area contributed by atoms with Crippen molar-refractivity contribution in [3.63, 3.8) is 0 Å². The van der Waals surface area contributed by atoms with Gasteiger partial charge >= 0.3 is 5.97 Å². The van der Waals surface area contributed by atoms with Gasteiger partial charge in [-0.05, 0) is 25.0 Å². The predicted octanol–water partition coefficient (Wildman–Crippen LogP) is 2.30. The first-order valence-corrected chi connectivity index (χ1v) is 6.88. The molecule has 1 heterocycles. The van der Waals surface area contributed by atoms with E-state index in [-0.39, 0.29) is 5.97 Å². The zero-order valence-electron chi connectivity index (χ0n) is 12.6. The smallest absolute Gasteiger partial charge is 0.309 e. The van der Waals surface area contributed by atoms with Crippen molar-refractivity contribution in [2.45, 2.75) is 33.4 Å². The van der Waals surface area contributed by atoms with Crippen LogP contribution < -0.4 is 5.32 Å². The molecule has 21 heavy (non-hydrogen) atoms. The van der Waals surface area contributed by atoms with Crippen molar-refractivity contribution < 1.29 is 14.1 Å². The highest BCUT2D eigenvalue weighted by molar-refractivity contribution is 5.72. The highest BCUT2D eigenvalue weighted by atomic mass is 16.5. The van der Waals surface area contributed by atoms with Gasteiger partial charge in [0.15, 0.2) is 0 Å². The molecule has 1 aromatic carbocycles. The molecule has 0 saturated heterocycles. The van der Waals surface area contributed by atoms with Crippen LogP contribution in [0.3, 0.4) is 0 Å². The van der Waals surface area contributed by atoms with Crippen LogP contribution in [0.4, 0.5) is 0 Å². The van der Waals surface area contributed by atoms with Gasteiger partial charge in [-0.2, -0.15) is 0 Å². The molecule has 0 aliphatic rings. The molecule has 0 spiro atoms. The van der Waals surface area contributed by atoms with Gasteiger partial charge in [-0.3, -0.25) is 4.79 Å². The molecule has 112 valence electrons. The molecule has 1 aromatic heterocycles. The molecule has 0 aliphatic carbocycles. The van der Waals surface area contributed by atoms with Crippen LogP contribution in [0.15, 0.2) is 28.8 Å². The van der Waals surface area contributed by atoms with E-state index in [0.717, 1.165) is 28.1 Å². The van der Waals surface area contributed by atoms with Crippen molar-refractivity contribution in [3.8, 4) is 0 Å². The summed E-state index contributed by atoms with van der Waals surface area (Å²) in [7, 11) is 1.40. The summed E-state index contributed by atoms with van der Waals surface area (Å²) in [4.78, 5) is 11.4. The highest BCUT2D eigenvalue weighted by Gasteiger charge is 2.10. The van der Waals surface area contributed by atoms with Crippen molar-refractivity contribution in [1.29, 1.82) is 0 Å². The van der Waals surface area contributed by atoms with Gasteiger partial charge in [0.25, 0.3) is 0 Å². The number of rotatable bonds is 6. The summed E-state index contributed by atoms with van der Waals surface area (Å²) < 4.78 is 9.86. The number of aryl methyl sites for hydroxylation is 2. The Morgan fingerprint density at radius 1 is 1.24 bits per heavy atom. The van der Waals surface area contributed by atoms with Gasteiger partial charge in [0.2, 0.25) is 0 Å². The van der Waals surface area contributed by atoms with Gasteiger partial charge in [-0.1, -0.05) is 29.4 Å². The lowest BCUT2D eigenvalue weighted by Crippen LogP contribution is -2.16. The molecular formula is C16H20N2O3. The molecule has 2 rings (SSSR count). The molecule has 2 aromatic rings. The maximum atomic E-state index is 11.4. The molecule has 0 bridgehead atoms. The second-order valence-corrected chi connectivity index (χ2v) is 4.93. The summed E-state index contributed by atoms with van der Waals surface area (Å²) >= 11 is 0. The monoisotopic (exact) mass is 288 g/mol. The minimum Gasteiger partial charge on any atom is -0.469 e. The van der Waals surface area contributed by atoms with E-state index in [2.05, 4.69) is 10.5 Å². The Kier molecular flexibility index (Phi) is 5.11. The van der Waals surface area contributed by atoms with E-state index in [9.17, 15) is 4.79 Å². The number of nitrogens with one attached hydrogen (secondary N) is 1. The largest absolute Gasteiger partial charge is 0.469 e. The molecule has 0 fully saturated rings. The highest BCUT2D eigenvalue weighted by Crippen LogP contribution is 2.13. The standard InChI is InChI=1S/C16H20N2O3/c1-11-15(12(2)21-18-11)10-17-9-14-7-5-4-6-13(14)8-16(19)20-3/h4-7,17H,8-10H2,1-3H3. The molecule has 0 radical (unpaired) electrons. The molecule has 0 aliphatic heterocycles. The summed E-state index contributed by atoms with van der Waals surface area (Å²) in [5, 5.41) is 7.30. The van der Waals surface area contributed by atoms with E-state index in [4.69, 9.17) is 9.26 Å². The van der Waals surface area contributed by atoms with Crippen LogP contribution in [-0.2, 0) is 29.0 Å². The van der Waals surface area contributed by atoms with Crippen LogP contribution in [0.2, 0.25) is 0 Å². The number of methoxy groups -OCH3 is 1. The van der Waals surface area contributed by atoms with Crippen LogP contribution in [0, 0.1) is 13.8 Å². The number of benzene rings is 1. The topological polar surface area (TPSA) is 64.4 Å². The fourth-order valence-electron chi connectivity index (χ4n) is 2.21. The van der Waals surface area contributed by atoms with Gasteiger partial charge in [0.05, 0.1) is 19.2 Å². The van der Waals surface area contributed by atoms with Gasteiger partial charge in [0, 0.05) is 18.7 Å². The molecule has 1 N–H and O–H groups in total. The summed E-state index contributed by atoms with van der Waals surface area (Å²) in [5.41, 5.74) is 4.06. The van der Waals surface area contributed by atoms with E-state index in [0.29, 0.717) is 19.5 Å². The zero-order valence-corrected chi connectivity index (χ0v) is 12.6. The average molecular weight is 288 g/mol. The lowest BCUT2D eigenvalue weighted by atomic mass is 10.0. The first-order valence-electron chi connectivity index (χ1n) is 6.88. The quantitative estimate of drug-likeness (QED) is 0.826. The number of carbonyl (C=O) groups excluding carboxylic acids is 1. The molecule has 0 unspecified atom stereocenters. The van der Waals surface area contributed by atoms with Crippen molar-refractivity contribution >= 4 is 5.97 Å². The molecule has 5 heteroatoms. The SMILES string of the molecule is COC(=O)Cc1ccccc1CNCc1c(C)noc1C. The van der Waals surface area contributed by atoms with E-state index >= 15 is 0 Å². The minimum absolute atomic E-state index is 0.229. The number of hydrogen-bond donors (Lipinski definition) is 1. The van der Waals surface area contributed by atoms with Gasteiger partial charge in [-0.15, -0.1) is 0 Å².